The van der Waals surface area contributed by atoms with Gasteiger partial charge in [0, 0.05) is 6.42 Å². The zero-order valence-corrected chi connectivity index (χ0v) is 56.5. The van der Waals surface area contributed by atoms with Gasteiger partial charge in [-0.1, -0.05) is 337 Å². The lowest BCUT2D eigenvalue weighted by Gasteiger charge is -2.29. The van der Waals surface area contributed by atoms with Gasteiger partial charge in [0.25, 0.3) is 7.82 Å². The average molecular weight is 1180 g/mol. The van der Waals surface area contributed by atoms with E-state index in [0.29, 0.717) is 17.4 Å². The summed E-state index contributed by atoms with van der Waals surface area (Å²) in [6, 6.07) is -0.908. The fourth-order valence-corrected chi connectivity index (χ4v) is 11.4. The molecule has 0 heterocycles. The third kappa shape index (κ3) is 67.3. The van der Waals surface area contributed by atoms with Crippen LogP contribution in [0.25, 0.3) is 0 Å². The third-order valence-corrected chi connectivity index (χ3v) is 17.1. The van der Waals surface area contributed by atoms with Crippen LogP contribution in [0.3, 0.4) is 0 Å². The van der Waals surface area contributed by atoms with Gasteiger partial charge in [-0.2, -0.15) is 0 Å². The number of hydrogen-bond acceptors (Lipinski definition) is 6. The van der Waals surface area contributed by atoms with E-state index in [0.717, 1.165) is 64.2 Å². The molecule has 3 unspecified atom stereocenters. The zero-order valence-electron chi connectivity index (χ0n) is 55.6. The molecule has 0 saturated carbocycles. The van der Waals surface area contributed by atoms with E-state index in [1.165, 1.54) is 257 Å². The van der Waals surface area contributed by atoms with Crippen molar-refractivity contribution in [3.8, 4) is 0 Å². The fraction of sp³-hybridized carbons (Fsp3) is 0.824. The molecule has 3 atom stereocenters. The Balaban J connectivity index is 4.08. The molecule has 486 valence electrons. The summed E-state index contributed by atoms with van der Waals surface area (Å²) >= 11 is 0. The number of carbonyl (C=O) groups excluding carboxylic acids is 1. The molecular formula is C74H139N2O6P. The first-order chi connectivity index (χ1) is 40.5. The van der Waals surface area contributed by atoms with E-state index in [1.807, 2.05) is 27.2 Å². The van der Waals surface area contributed by atoms with Crippen molar-refractivity contribution in [2.75, 3.05) is 40.9 Å². The maximum absolute atomic E-state index is 13.0. The number of hydrogen-bond donors (Lipinski definition) is 2. The lowest BCUT2D eigenvalue weighted by Crippen LogP contribution is -2.45. The Morgan fingerprint density at radius 1 is 0.434 bits per heavy atom. The Bertz CT molecular complexity index is 1580. The van der Waals surface area contributed by atoms with Crippen molar-refractivity contribution in [2.24, 2.45) is 0 Å². The van der Waals surface area contributed by atoms with Crippen molar-refractivity contribution < 1.29 is 32.9 Å². The largest absolute Gasteiger partial charge is 0.756 e. The van der Waals surface area contributed by atoms with Crippen LogP contribution in [0.15, 0.2) is 72.9 Å². The second kappa shape index (κ2) is 64.4. The molecular weight excluding hydrogens is 1040 g/mol. The highest BCUT2D eigenvalue weighted by Gasteiger charge is 2.23. The minimum Gasteiger partial charge on any atom is -0.756 e. The van der Waals surface area contributed by atoms with Crippen LogP contribution in [0.5, 0.6) is 0 Å². The molecule has 1 amide bonds. The van der Waals surface area contributed by atoms with E-state index in [9.17, 15) is 19.4 Å². The molecule has 0 saturated heterocycles. The maximum atomic E-state index is 13.0. The van der Waals surface area contributed by atoms with E-state index < -0.39 is 26.6 Å². The molecule has 0 aromatic carbocycles. The highest BCUT2D eigenvalue weighted by atomic mass is 31.2. The molecule has 8 nitrogen and oxygen atoms in total. The second-order valence-corrected chi connectivity index (χ2v) is 27.0. The number of aliphatic hydroxyl groups excluding tert-OH is 1. The minimum absolute atomic E-state index is 0.00737. The first-order valence-electron chi connectivity index (χ1n) is 35.8. The number of nitrogens with zero attached hydrogens (tertiary/aromatic N) is 1. The Morgan fingerprint density at radius 2 is 0.747 bits per heavy atom. The zero-order chi connectivity index (χ0) is 60.5. The Kier molecular flexibility index (Phi) is 62.8. The van der Waals surface area contributed by atoms with E-state index in [2.05, 4.69) is 79.9 Å². The number of rotatable bonds is 66. The number of quaternary nitrogens is 1. The van der Waals surface area contributed by atoms with E-state index in [1.54, 1.807) is 6.08 Å². The van der Waals surface area contributed by atoms with Gasteiger partial charge >= 0.3 is 0 Å². The number of phosphoric ester groups is 1. The smallest absolute Gasteiger partial charge is 0.268 e. The number of unbranched alkanes of at least 4 members (excludes halogenated alkanes) is 43. The normalized spacial score (nSPS) is 14.1. The van der Waals surface area contributed by atoms with Crippen molar-refractivity contribution in [3.05, 3.63) is 72.9 Å². The Hall–Kier alpha value is -2.06. The van der Waals surface area contributed by atoms with Crippen LogP contribution in [-0.4, -0.2) is 68.5 Å². The van der Waals surface area contributed by atoms with Crippen molar-refractivity contribution in [2.45, 2.75) is 353 Å². The van der Waals surface area contributed by atoms with Gasteiger partial charge in [-0.3, -0.25) is 9.36 Å². The SMILES string of the molecule is CC/C=C\C/C=C\C/C=C\C/C=C\CCCCCCCCCCCCCCCCCCC(=O)NC(COP(=O)([O-])OCC[N+](C)(C)C)C(O)/C=C/CC/C=C/CCCCCCCCCCCCCCCCCCCCCCCCCCCC. The molecule has 0 aliphatic heterocycles. The fourth-order valence-electron chi connectivity index (χ4n) is 10.6. The van der Waals surface area contributed by atoms with E-state index >= 15 is 0 Å². The van der Waals surface area contributed by atoms with Gasteiger partial charge in [0.2, 0.25) is 5.91 Å². The number of aliphatic hydroxyl groups is 1. The van der Waals surface area contributed by atoms with Gasteiger partial charge in [0.05, 0.1) is 39.9 Å². The highest BCUT2D eigenvalue weighted by molar-refractivity contribution is 7.45. The third-order valence-electron chi connectivity index (χ3n) is 16.2. The van der Waals surface area contributed by atoms with Crippen molar-refractivity contribution in [1.82, 2.24) is 5.32 Å². The summed E-state index contributed by atoms with van der Waals surface area (Å²) in [4.78, 5) is 25.6. The number of phosphoric acid groups is 1. The highest BCUT2D eigenvalue weighted by Crippen LogP contribution is 2.38. The number of nitrogens with one attached hydrogen (secondary N) is 1. The van der Waals surface area contributed by atoms with Crippen LogP contribution < -0.4 is 10.2 Å². The average Bonchev–Trinajstić information content (AvgIpc) is 3.50. The molecule has 0 bridgehead atoms. The van der Waals surface area contributed by atoms with Crippen LogP contribution in [0.2, 0.25) is 0 Å². The number of amides is 1. The van der Waals surface area contributed by atoms with Gasteiger partial charge in [-0.25, -0.2) is 0 Å². The van der Waals surface area contributed by atoms with Crippen molar-refractivity contribution in [3.63, 3.8) is 0 Å². The predicted molar refractivity (Wildman–Crippen MR) is 362 cm³/mol. The Labute approximate surface area is 516 Å². The summed E-state index contributed by atoms with van der Waals surface area (Å²) in [5.41, 5.74) is 0. The Morgan fingerprint density at radius 3 is 1.12 bits per heavy atom. The van der Waals surface area contributed by atoms with Crippen LogP contribution in [0.1, 0.15) is 341 Å². The van der Waals surface area contributed by atoms with Crippen LogP contribution in [0, 0.1) is 0 Å². The number of allylic oxidation sites excluding steroid dienone is 11. The van der Waals surface area contributed by atoms with E-state index in [-0.39, 0.29) is 12.5 Å². The molecule has 0 aliphatic rings. The van der Waals surface area contributed by atoms with Crippen molar-refractivity contribution >= 4 is 13.7 Å². The molecule has 0 aromatic heterocycles. The lowest BCUT2D eigenvalue weighted by molar-refractivity contribution is -0.870. The predicted octanol–water partition coefficient (Wildman–Crippen LogP) is 22.3. The van der Waals surface area contributed by atoms with Gasteiger partial charge in [0.1, 0.15) is 13.2 Å². The second-order valence-electron chi connectivity index (χ2n) is 25.6. The molecule has 9 heteroatoms. The summed E-state index contributed by atoms with van der Waals surface area (Å²) in [7, 11) is 1.25. The monoisotopic (exact) mass is 1180 g/mol. The summed E-state index contributed by atoms with van der Waals surface area (Å²) in [6.45, 7) is 4.56. The maximum Gasteiger partial charge on any atom is 0.268 e. The molecule has 2 N–H and O–H groups in total. The quantitative estimate of drug-likeness (QED) is 0.0272. The molecule has 0 radical (unpaired) electrons. The van der Waals surface area contributed by atoms with Gasteiger partial charge in [0.15, 0.2) is 0 Å². The van der Waals surface area contributed by atoms with Gasteiger partial charge in [-0.15, -0.1) is 0 Å². The topological polar surface area (TPSA) is 108 Å². The number of carbonyl (C=O) groups is 1. The molecule has 0 spiro atoms. The summed E-state index contributed by atoms with van der Waals surface area (Å²) in [6.07, 6.45) is 90.4. The van der Waals surface area contributed by atoms with E-state index in [4.69, 9.17) is 9.05 Å². The first kappa shape index (κ1) is 80.9. The van der Waals surface area contributed by atoms with Crippen LogP contribution in [-0.2, 0) is 18.4 Å². The standard InChI is InChI=1S/C74H139N2O6P/c1-6-8-10-12-14-16-18-20-22-24-26-28-30-32-34-36-37-38-40-41-43-45-47-49-51-53-55-57-59-61-63-65-67-73(77)72(71-82-83(79,80)81-70-69-76(3,4)5)75-74(78)68-66-64-62-60-58-56-54-52-50-48-46-44-42-39-35-33-31-29-27-25-23-21-19-17-15-13-11-9-7-2/h9,11,15,17,21,23,27,29,57,59,65,67,72-73,77H,6-8,10,12-14,16,18-20,22,24-26,28,30-56,58,60-64,66,68-71H2,1-5H3,(H-,75,78,79,80)/b11-9-,17-15-,23-21-,29-27-,59-57+,67-65+. The summed E-state index contributed by atoms with van der Waals surface area (Å²) in [5, 5.41) is 14.0. The lowest BCUT2D eigenvalue weighted by atomic mass is 10.0. The molecule has 83 heavy (non-hydrogen) atoms. The minimum atomic E-state index is -4.62. The first-order valence-corrected chi connectivity index (χ1v) is 37.3. The molecule has 0 aliphatic carbocycles. The number of likely N-dealkylation sites (N-methyl/N-ethyl adjacent to an activating group) is 1. The molecule has 0 rings (SSSR count). The molecule has 0 aromatic rings. The summed E-state index contributed by atoms with van der Waals surface area (Å²) in [5.74, 6) is -0.204. The van der Waals surface area contributed by atoms with Gasteiger partial charge < -0.3 is 28.8 Å². The molecule has 0 fully saturated rings. The van der Waals surface area contributed by atoms with Crippen LogP contribution in [0.4, 0.5) is 0 Å². The summed E-state index contributed by atoms with van der Waals surface area (Å²) < 4.78 is 23.5. The van der Waals surface area contributed by atoms with Gasteiger partial charge in [-0.05, 0) is 70.6 Å². The van der Waals surface area contributed by atoms with Crippen molar-refractivity contribution in [1.29, 1.82) is 0 Å². The van der Waals surface area contributed by atoms with Crippen LogP contribution >= 0.6 is 7.82 Å².